The fourth-order valence-corrected chi connectivity index (χ4v) is 2.38. The van der Waals surface area contributed by atoms with Gasteiger partial charge < -0.3 is 10.2 Å². The summed E-state index contributed by atoms with van der Waals surface area (Å²) in [5.74, 6) is 1.46. The van der Waals surface area contributed by atoms with Crippen LogP contribution < -0.4 is 5.32 Å². The summed E-state index contributed by atoms with van der Waals surface area (Å²) in [5.41, 5.74) is 0. The maximum Gasteiger partial charge on any atom is 0.148 e. The third kappa shape index (κ3) is 2.84. The standard InChI is InChI=1S/C10H14BrClN4/c1-16-3-2-7(5-16)4-13-10-8(11)9(12)14-6-15-10/h6-7H,2-5H2,1H3,(H,13,14,15). The van der Waals surface area contributed by atoms with Crippen molar-refractivity contribution in [3.05, 3.63) is 16.0 Å². The predicted octanol–water partition coefficient (Wildman–Crippen LogP) is 2.26. The summed E-state index contributed by atoms with van der Waals surface area (Å²) in [4.78, 5) is 10.4. The lowest BCUT2D eigenvalue weighted by Crippen LogP contribution is -2.19. The maximum atomic E-state index is 5.89. The molecule has 1 aromatic rings. The van der Waals surface area contributed by atoms with E-state index in [0.29, 0.717) is 11.1 Å². The first-order valence-electron chi connectivity index (χ1n) is 5.25. The molecule has 1 N–H and O–H groups in total. The Balaban J connectivity index is 1.92. The molecule has 1 aromatic heterocycles. The van der Waals surface area contributed by atoms with Gasteiger partial charge in [-0.05, 0) is 41.9 Å². The molecule has 0 spiro atoms. The van der Waals surface area contributed by atoms with E-state index in [1.807, 2.05) is 0 Å². The molecule has 4 nitrogen and oxygen atoms in total. The Labute approximate surface area is 109 Å². The maximum absolute atomic E-state index is 5.89. The smallest absolute Gasteiger partial charge is 0.148 e. The second-order valence-electron chi connectivity index (χ2n) is 4.12. The van der Waals surface area contributed by atoms with Crippen LogP contribution in [-0.2, 0) is 0 Å². The van der Waals surface area contributed by atoms with Crippen molar-refractivity contribution < 1.29 is 0 Å². The average molecular weight is 306 g/mol. The summed E-state index contributed by atoms with van der Waals surface area (Å²) in [6.45, 7) is 3.25. The molecule has 16 heavy (non-hydrogen) atoms. The van der Waals surface area contributed by atoms with Gasteiger partial charge in [-0.2, -0.15) is 0 Å². The van der Waals surface area contributed by atoms with Gasteiger partial charge in [0.15, 0.2) is 0 Å². The minimum Gasteiger partial charge on any atom is -0.369 e. The third-order valence-electron chi connectivity index (χ3n) is 2.79. The van der Waals surface area contributed by atoms with E-state index in [1.165, 1.54) is 19.3 Å². The SMILES string of the molecule is CN1CCC(CNc2ncnc(Cl)c2Br)C1. The number of halogens is 2. The molecular weight excluding hydrogens is 291 g/mol. The molecule has 88 valence electrons. The van der Waals surface area contributed by atoms with Gasteiger partial charge in [-0.3, -0.25) is 0 Å². The first kappa shape index (κ1) is 12.1. The molecule has 0 bridgehead atoms. The molecular formula is C10H14BrClN4. The van der Waals surface area contributed by atoms with Gasteiger partial charge >= 0.3 is 0 Å². The van der Waals surface area contributed by atoms with Gasteiger partial charge in [0.25, 0.3) is 0 Å². The van der Waals surface area contributed by atoms with E-state index in [4.69, 9.17) is 11.6 Å². The molecule has 1 saturated heterocycles. The molecule has 0 amide bonds. The van der Waals surface area contributed by atoms with Gasteiger partial charge in [-0.1, -0.05) is 11.6 Å². The van der Waals surface area contributed by atoms with E-state index in [0.717, 1.165) is 23.4 Å². The summed E-state index contributed by atoms with van der Waals surface area (Å²) in [6.07, 6.45) is 2.70. The number of likely N-dealkylation sites (tertiary alicyclic amines) is 1. The zero-order valence-corrected chi connectivity index (χ0v) is 11.4. The second kappa shape index (κ2) is 5.29. The van der Waals surface area contributed by atoms with Crippen molar-refractivity contribution in [1.82, 2.24) is 14.9 Å². The number of nitrogens with one attached hydrogen (secondary N) is 1. The van der Waals surface area contributed by atoms with E-state index in [9.17, 15) is 0 Å². The first-order chi connectivity index (χ1) is 7.66. The van der Waals surface area contributed by atoms with Crippen molar-refractivity contribution in [2.24, 2.45) is 5.92 Å². The number of hydrogen-bond donors (Lipinski definition) is 1. The molecule has 1 fully saturated rings. The molecule has 0 aromatic carbocycles. The molecule has 1 unspecified atom stereocenters. The Hall–Kier alpha value is -0.390. The first-order valence-corrected chi connectivity index (χ1v) is 6.42. The van der Waals surface area contributed by atoms with Crippen molar-refractivity contribution in [2.45, 2.75) is 6.42 Å². The molecule has 1 atom stereocenters. The zero-order chi connectivity index (χ0) is 11.5. The van der Waals surface area contributed by atoms with Crippen LogP contribution in [0.5, 0.6) is 0 Å². The minimum atomic E-state index is 0.445. The van der Waals surface area contributed by atoms with Crippen LogP contribution in [0.1, 0.15) is 6.42 Å². The highest BCUT2D eigenvalue weighted by Gasteiger charge is 2.19. The number of nitrogens with zero attached hydrogens (tertiary/aromatic N) is 3. The van der Waals surface area contributed by atoms with E-state index >= 15 is 0 Å². The number of hydrogen-bond acceptors (Lipinski definition) is 4. The molecule has 6 heteroatoms. The van der Waals surface area contributed by atoms with Gasteiger partial charge in [-0.25, -0.2) is 9.97 Å². The van der Waals surface area contributed by atoms with Crippen LogP contribution in [0, 0.1) is 5.92 Å². The predicted molar refractivity (Wildman–Crippen MR) is 68.8 cm³/mol. The van der Waals surface area contributed by atoms with Crippen molar-refractivity contribution in [1.29, 1.82) is 0 Å². The topological polar surface area (TPSA) is 41.0 Å². The van der Waals surface area contributed by atoms with E-state index in [1.54, 1.807) is 0 Å². The Bertz CT molecular complexity index is 374. The fourth-order valence-electron chi connectivity index (χ4n) is 1.91. The number of rotatable bonds is 3. The van der Waals surface area contributed by atoms with Gasteiger partial charge in [0.05, 0.1) is 4.47 Å². The highest BCUT2D eigenvalue weighted by atomic mass is 79.9. The Morgan fingerprint density at radius 1 is 1.62 bits per heavy atom. The van der Waals surface area contributed by atoms with Crippen LogP contribution in [0.25, 0.3) is 0 Å². The van der Waals surface area contributed by atoms with Gasteiger partial charge in [0.1, 0.15) is 17.3 Å². The van der Waals surface area contributed by atoms with E-state index in [2.05, 4.69) is 43.2 Å². The van der Waals surface area contributed by atoms with Crippen molar-refractivity contribution in [3.8, 4) is 0 Å². The van der Waals surface area contributed by atoms with Crippen LogP contribution in [0.15, 0.2) is 10.8 Å². The lowest BCUT2D eigenvalue weighted by atomic mass is 10.1. The van der Waals surface area contributed by atoms with Crippen LogP contribution in [0.4, 0.5) is 5.82 Å². The molecule has 0 radical (unpaired) electrons. The molecule has 2 rings (SSSR count). The highest BCUT2D eigenvalue weighted by Crippen LogP contribution is 2.26. The number of anilines is 1. The van der Waals surface area contributed by atoms with Crippen LogP contribution in [-0.4, -0.2) is 41.5 Å². The number of aromatic nitrogens is 2. The summed E-state index contributed by atoms with van der Waals surface area (Å²) >= 11 is 9.26. The Morgan fingerprint density at radius 2 is 2.44 bits per heavy atom. The zero-order valence-electron chi connectivity index (χ0n) is 9.08. The molecule has 0 aliphatic carbocycles. The summed E-state index contributed by atoms with van der Waals surface area (Å²) < 4.78 is 0.739. The molecule has 1 aliphatic heterocycles. The van der Waals surface area contributed by atoms with Crippen molar-refractivity contribution >= 4 is 33.3 Å². The van der Waals surface area contributed by atoms with Crippen LogP contribution in [0.3, 0.4) is 0 Å². The highest BCUT2D eigenvalue weighted by molar-refractivity contribution is 9.10. The molecule has 0 saturated carbocycles. The second-order valence-corrected chi connectivity index (χ2v) is 5.28. The van der Waals surface area contributed by atoms with Gasteiger partial charge in [-0.15, -0.1) is 0 Å². The summed E-state index contributed by atoms with van der Waals surface area (Å²) in [6, 6.07) is 0. The lowest BCUT2D eigenvalue weighted by molar-refractivity contribution is 0.399. The van der Waals surface area contributed by atoms with Gasteiger partial charge in [0, 0.05) is 13.1 Å². The van der Waals surface area contributed by atoms with E-state index < -0.39 is 0 Å². The Morgan fingerprint density at radius 3 is 3.12 bits per heavy atom. The fraction of sp³-hybridized carbons (Fsp3) is 0.600. The summed E-state index contributed by atoms with van der Waals surface area (Å²) in [5, 5.41) is 3.75. The van der Waals surface area contributed by atoms with Crippen LogP contribution in [0.2, 0.25) is 5.15 Å². The lowest BCUT2D eigenvalue weighted by Gasteiger charge is -2.13. The minimum absolute atomic E-state index is 0.445. The van der Waals surface area contributed by atoms with Crippen molar-refractivity contribution in [2.75, 3.05) is 32.0 Å². The monoisotopic (exact) mass is 304 g/mol. The normalized spacial score (nSPS) is 21.3. The largest absolute Gasteiger partial charge is 0.369 e. The van der Waals surface area contributed by atoms with E-state index in [-0.39, 0.29) is 0 Å². The quantitative estimate of drug-likeness (QED) is 0.870. The molecule has 1 aliphatic rings. The Kier molecular flexibility index (Phi) is 4.00. The third-order valence-corrected chi connectivity index (χ3v) is 4.06. The molecule has 2 heterocycles. The van der Waals surface area contributed by atoms with Gasteiger partial charge in [0.2, 0.25) is 0 Å². The average Bonchev–Trinajstić information content (AvgIpc) is 2.67. The van der Waals surface area contributed by atoms with Crippen molar-refractivity contribution in [3.63, 3.8) is 0 Å². The summed E-state index contributed by atoms with van der Waals surface area (Å²) in [7, 11) is 2.15. The van der Waals surface area contributed by atoms with Crippen LogP contribution >= 0.6 is 27.5 Å².